The molecule has 0 bridgehead atoms. The number of benzene rings is 1. The van der Waals surface area contributed by atoms with E-state index in [9.17, 15) is 4.39 Å². The second kappa shape index (κ2) is 5.76. The van der Waals surface area contributed by atoms with E-state index >= 15 is 0 Å². The minimum absolute atomic E-state index is 0.156. The van der Waals surface area contributed by atoms with E-state index in [4.69, 9.17) is 0 Å². The Morgan fingerprint density at radius 3 is 2.50 bits per heavy atom. The second-order valence-corrected chi connectivity index (χ2v) is 3.83. The maximum atomic E-state index is 12.6. The van der Waals surface area contributed by atoms with E-state index in [1.165, 1.54) is 17.7 Å². The lowest BCUT2D eigenvalue weighted by molar-refractivity contribution is 0.504. The summed E-state index contributed by atoms with van der Waals surface area (Å²) in [4.78, 5) is 0. The zero-order chi connectivity index (χ0) is 10.4. The van der Waals surface area contributed by atoms with Crippen LogP contribution in [0.2, 0.25) is 0 Å². The van der Waals surface area contributed by atoms with Gasteiger partial charge in [-0.2, -0.15) is 0 Å². The molecule has 14 heavy (non-hydrogen) atoms. The van der Waals surface area contributed by atoms with Crippen molar-refractivity contribution < 1.29 is 4.39 Å². The highest BCUT2D eigenvalue weighted by atomic mass is 19.1. The van der Waals surface area contributed by atoms with E-state index in [2.05, 4.69) is 12.2 Å². The highest BCUT2D eigenvalue weighted by Gasteiger charge is 2.01. The van der Waals surface area contributed by atoms with Crippen LogP contribution in [0.5, 0.6) is 0 Å². The summed E-state index contributed by atoms with van der Waals surface area (Å²) in [5.74, 6) is 0.516. The zero-order valence-corrected chi connectivity index (χ0v) is 8.89. The van der Waals surface area contributed by atoms with Crippen molar-refractivity contribution in [3.05, 3.63) is 35.6 Å². The molecule has 0 aromatic heterocycles. The topological polar surface area (TPSA) is 12.0 Å². The summed E-state index contributed by atoms with van der Waals surface area (Å²) in [5, 5.41) is 3.15. The minimum Gasteiger partial charge on any atom is -0.319 e. The lowest BCUT2D eigenvalue weighted by Gasteiger charge is -2.09. The Balaban J connectivity index is 2.34. The molecule has 0 spiro atoms. The predicted octanol–water partition coefficient (Wildman–Crippen LogP) is 2.61. The molecule has 0 saturated heterocycles. The van der Waals surface area contributed by atoms with Crippen molar-refractivity contribution in [3.63, 3.8) is 0 Å². The van der Waals surface area contributed by atoms with Crippen molar-refractivity contribution in [2.24, 2.45) is 5.92 Å². The number of aryl methyl sites for hydroxylation is 1. The summed E-state index contributed by atoms with van der Waals surface area (Å²) in [7, 11) is 1.97. The van der Waals surface area contributed by atoms with Gasteiger partial charge >= 0.3 is 0 Å². The normalized spacial score (nSPS) is 12.8. The third kappa shape index (κ3) is 3.88. The lowest BCUT2D eigenvalue weighted by atomic mass is 10.0. The van der Waals surface area contributed by atoms with Gasteiger partial charge in [0.2, 0.25) is 0 Å². The molecule has 1 aromatic rings. The average Bonchev–Trinajstić information content (AvgIpc) is 2.17. The molecule has 0 aliphatic rings. The van der Waals surface area contributed by atoms with Crippen molar-refractivity contribution in [2.75, 3.05) is 13.6 Å². The van der Waals surface area contributed by atoms with E-state index in [-0.39, 0.29) is 5.82 Å². The van der Waals surface area contributed by atoms with Crippen molar-refractivity contribution in [1.82, 2.24) is 5.32 Å². The molecule has 1 aromatic carbocycles. The molecule has 0 aliphatic carbocycles. The SMILES string of the molecule is CNCC(C)CCc1ccc(F)cc1. The molecule has 1 nitrogen and oxygen atoms in total. The van der Waals surface area contributed by atoms with Crippen LogP contribution in [0.25, 0.3) is 0 Å². The third-order valence-electron chi connectivity index (χ3n) is 2.39. The Hall–Kier alpha value is -0.890. The summed E-state index contributed by atoms with van der Waals surface area (Å²) in [6.45, 7) is 3.27. The Kier molecular flexibility index (Phi) is 4.60. The van der Waals surface area contributed by atoms with Gasteiger partial charge in [0.15, 0.2) is 0 Å². The van der Waals surface area contributed by atoms with Crippen LogP contribution in [0.1, 0.15) is 18.9 Å². The van der Waals surface area contributed by atoms with Crippen LogP contribution in [-0.2, 0) is 6.42 Å². The van der Waals surface area contributed by atoms with E-state index in [0.29, 0.717) is 5.92 Å². The fraction of sp³-hybridized carbons (Fsp3) is 0.500. The Morgan fingerprint density at radius 2 is 1.93 bits per heavy atom. The van der Waals surface area contributed by atoms with Gasteiger partial charge in [-0.1, -0.05) is 19.1 Å². The molecule has 1 unspecified atom stereocenters. The third-order valence-corrected chi connectivity index (χ3v) is 2.39. The van der Waals surface area contributed by atoms with Gasteiger partial charge in [0.05, 0.1) is 0 Å². The Morgan fingerprint density at radius 1 is 1.29 bits per heavy atom. The quantitative estimate of drug-likeness (QED) is 0.761. The van der Waals surface area contributed by atoms with Crippen LogP contribution in [-0.4, -0.2) is 13.6 Å². The Labute approximate surface area is 85.3 Å². The molecule has 1 atom stereocenters. The van der Waals surface area contributed by atoms with Gasteiger partial charge in [0, 0.05) is 0 Å². The highest BCUT2D eigenvalue weighted by Crippen LogP contribution is 2.09. The number of nitrogens with one attached hydrogen (secondary N) is 1. The predicted molar refractivity (Wildman–Crippen MR) is 57.8 cm³/mol. The van der Waals surface area contributed by atoms with Gasteiger partial charge in [-0.15, -0.1) is 0 Å². The van der Waals surface area contributed by atoms with Gasteiger partial charge < -0.3 is 5.32 Å². The number of rotatable bonds is 5. The lowest BCUT2D eigenvalue weighted by Crippen LogP contribution is -2.16. The van der Waals surface area contributed by atoms with E-state index in [1.54, 1.807) is 0 Å². The molecule has 78 valence electrons. The molecule has 0 fully saturated rings. The van der Waals surface area contributed by atoms with Gasteiger partial charge in [-0.3, -0.25) is 0 Å². The average molecular weight is 195 g/mol. The molecule has 0 radical (unpaired) electrons. The van der Waals surface area contributed by atoms with Crippen molar-refractivity contribution in [3.8, 4) is 0 Å². The summed E-state index contributed by atoms with van der Waals surface area (Å²) < 4.78 is 12.6. The maximum Gasteiger partial charge on any atom is 0.123 e. The number of hydrogen-bond acceptors (Lipinski definition) is 1. The summed E-state index contributed by atoms with van der Waals surface area (Å²) in [6.07, 6.45) is 2.18. The molecule has 2 heteroatoms. The second-order valence-electron chi connectivity index (χ2n) is 3.83. The molecular weight excluding hydrogens is 177 g/mol. The first kappa shape index (κ1) is 11.2. The molecule has 0 saturated carbocycles. The van der Waals surface area contributed by atoms with Crippen LogP contribution in [0.15, 0.2) is 24.3 Å². The molecule has 1 rings (SSSR count). The van der Waals surface area contributed by atoms with Crippen molar-refractivity contribution in [1.29, 1.82) is 0 Å². The van der Waals surface area contributed by atoms with Crippen LogP contribution in [0.4, 0.5) is 4.39 Å². The van der Waals surface area contributed by atoms with Gasteiger partial charge in [-0.25, -0.2) is 4.39 Å². The maximum absolute atomic E-state index is 12.6. The first-order valence-corrected chi connectivity index (χ1v) is 5.11. The van der Waals surface area contributed by atoms with Gasteiger partial charge in [0.1, 0.15) is 5.82 Å². The molecular formula is C12H18FN. The molecule has 0 heterocycles. The van der Waals surface area contributed by atoms with E-state index in [1.807, 2.05) is 19.2 Å². The first-order chi connectivity index (χ1) is 6.72. The molecule has 0 aliphatic heterocycles. The van der Waals surface area contributed by atoms with Gasteiger partial charge in [0.25, 0.3) is 0 Å². The fourth-order valence-electron chi connectivity index (χ4n) is 1.51. The first-order valence-electron chi connectivity index (χ1n) is 5.11. The standard InChI is InChI=1S/C12H18FN/c1-10(9-14-2)3-4-11-5-7-12(13)8-6-11/h5-8,10,14H,3-4,9H2,1-2H3. The molecule has 1 N–H and O–H groups in total. The van der Waals surface area contributed by atoms with Crippen LogP contribution < -0.4 is 5.32 Å². The zero-order valence-electron chi connectivity index (χ0n) is 8.89. The number of halogens is 1. The van der Waals surface area contributed by atoms with Crippen LogP contribution in [0.3, 0.4) is 0 Å². The van der Waals surface area contributed by atoms with E-state index < -0.39 is 0 Å². The molecule has 0 amide bonds. The summed E-state index contributed by atoms with van der Waals surface area (Å²) in [6, 6.07) is 6.78. The number of hydrogen-bond donors (Lipinski definition) is 1. The minimum atomic E-state index is -0.156. The highest BCUT2D eigenvalue weighted by molar-refractivity contribution is 5.16. The van der Waals surface area contributed by atoms with Crippen molar-refractivity contribution >= 4 is 0 Å². The van der Waals surface area contributed by atoms with E-state index in [0.717, 1.165) is 19.4 Å². The van der Waals surface area contributed by atoms with Gasteiger partial charge in [-0.05, 0) is 50.0 Å². The largest absolute Gasteiger partial charge is 0.319 e. The monoisotopic (exact) mass is 195 g/mol. The fourth-order valence-corrected chi connectivity index (χ4v) is 1.51. The smallest absolute Gasteiger partial charge is 0.123 e. The summed E-state index contributed by atoms with van der Waals surface area (Å²) >= 11 is 0. The van der Waals surface area contributed by atoms with Crippen LogP contribution in [0, 0.1) is 11.7 Å². The summed E-state index contributed by atoms with van der Waals surface area (Å²) in [5.41, 5.74) is 1.22. The van der Waals surface area contributed by atoms with Crippen molar-refractivity contribution in [2.45, 2.75) is 19.8 Å². The Bertz CT molecular complexity index is 256. The van der Waals surface area contributed by atoms with Crippen LogP contribution >= 0.6 is 0 Å².